The fraction of sp³-hybridized carbons (Fsp3) is 1.00. The van der Waals surface area contributed by atoms with Crippen molar-refractivity contribution in [2.45, 2.75) is 25.4 Å². The van der Waals surface area contributed by atoms with Crippen molar-refractivity contribution >= 4 is 10.0 Å². The van der Waals surface area contributed by atoms with Gasteiger partial charge in [-0.2, -0.15) is 0 Å². The average molecular weight is 223 g/mol. The van der Waals surface area contributed by atoms with Crippen LogP contribution in [0.1, 0.15) is 19.3 Å². The summed E-state index contributed by atoms with van der Waals surface area (Å²) < 4.78 is 31.5. The summed E-state index contributed by atoms with van der Waals surface area (Å²) in [6.45, 7) is 2.06. The third kappa shape index (κ3) is 5.54. The lowest BCUT2D eigenvalue weighted by Gasteiger charge is -2.25. The summed E-state index contributed by atoms with van der Waals surface area (Å²) in [7, 11) is -3.28. The number of nitrogens with two attached hydrogens (primary N) is 1. The molecule has 2 N–H and O–H groups in total. The van der Waals surface area contributed by atoms with E-state index in [2.05, 4.69) is 0 Å². The van der Waals surface area contributed by atoms with Crippen LogP contribution in [0.3, 0.4) is 0 Å². The van der Waals surface area contributed by atoms with E-state index in [0.29, 0.717) is 26.2 Å². The van der Waals surface area contributed by atoms with Crippen LogP contribution in [-0.2, 0) is 19.5 Å². The van der Waals surface area contributed by atoms with Crippen molar-refractivity contribution in [3.8, 4) is 0 Å². The van der Waals surface area contributed by atoms with E-state index in [1.165, 1.54) is 0 Å². The SMILES string of the molecule is NS(=O)(=O)CCCCCOC1COC1. The molecule has 1 aliphatic rings. The predicted octanol–water partition coefficient (Wildman–Crippen LogP) is -0.139. The molecule has 0 aromatic rings. The molecule has 0 unspecified atom stereocenters. The molecule has 5 nitrogen and oxygen atoms in total. The molecule has 0 atom stereocenters. The highest BCUT2D eigenvalue weighted by molar-refractivity contribution is 7.89. The van der Waals surface area contributed by atoms with Crippen molar-refractivity contribution in [3.63, 3.8) is 0 Å². The van der Waals surface area contributed by atoms with Crippen LogP contribution >= 0.6 is 0 Å². The van der Waals surface area contributed by atoms with Gasteiger partial charge in [-0.3, -0.25) is 0 Å². The van der Waals surface area contributed by atoms with Gasteiger partial charge in [0.1, 0.15) is 6.10 Å². The Morgan fingerprint density at radius 2 is 2.00 bits per heavy atom. The molecule has 1 saturated heterocycles. The minimum Gasteiger partial charge on any atom is -0.376 e. The largest absolute Gasteiger partial charge is 0.376 e. The van der Waals surface area contributed by atoms with Gasteiger partial charge >= 0.3 is 0 Å². The first kappa shape index (κ1) is 11.9. The smallest absolute Gasteiger partial charge is 0.209 e. The number of sulfonamides is 1. The normalized spacial score (nSPS) is 18.1. The van der Waals surface area contributed by atoms with E-state index in [-0.39, 0.29) is 11.9 Å². The monoisotopic (exact) mass is 223 g/mol. The summed E-state index contributed by atoms with van der Waals surface area (Å²) in [5, 5.41) is 4.85. The minimum atomic E-state index is -3.28. The van der Waals surface area contributed by atoms with Gasteiger partial charge < -0.3 is 9.47 Å². The summed E-state index contributed by atoms with van der Waals surface area (Å²) in [5.74, 6) is 0.0690. The maximum Gasteiger partial charge on any atom is 0.209 e. The van der Waals surface area contributed by atoms with Gasteiger partial charge in [-0.1, -0.05) is 6.42 Å². The van der Waals surface area contributed by atoms with Crippen molar-refractivity contribution in [2.24, 2.45) is 5.14 Å². The van der Waals surface area contributed by atoms with E-state index >= 15 is 0 Å². The van der Waals surface area contributed by atoms with Gasteiger partial charge in [-0.15, -0.1) is 0 Å². The summed E-state index contributed by atoms with van der Waals surface area (Å²) in [6.07, 6.45) is 2.59. The van der Waals surface area contributed by atoms with Crippen LogP contribution in [0.4, 0.5) is 0 Å². The third-order valence-corrected chi connectivity index (χ3v) is 2.89. The molecule has 0 amide bonds. The quantitative estimate of drug-likeness (QED) is 0.609. The lowest BCUT2D eigenvalue weighted by atomic mass is 10.2. The molecular weight excluding hydrogens is 206 g/mol. The summed E-state index contributed by atoms with van der Waals surface area (Å²) in [4.78, 5) is 0. The highest BCUT2D eigenvalue weighted by Gasteiger charge is 2.17. The molecule has 1 rings (SSSR count). The highest BCUT2D eigenvalue weighted by atomic mass is 32.2. The number of rotatable bonds is 7. The van der Waals surface area contributed by atoms with Gasteiger partial charge in [0.25, 0.3) is 0 Å². The Kier molecular flexibility index (Phi) is 4.80. The number of unbranched alkanes of at least 4 members (excludes halogenated alkanes) is 2. The van der Waals surface area contributed by atoms with Crippen LogP contribution in [0, 0.1) is 0 Å². The average Bonchev–Trinajstić information content (AvgIpc) is 1.97. The van der Waals surface area contributed by atoms with E-state index in [9.17, 15) is 8.42 Å². The zero-order valence-corrected chi connectivity index (χ0v) is 8.96. The fourth-order valence-corrected chi connectivity index (χ4v) is 1.75. The molecule has 14 heavy (non-hydrogen) atoms. The predicted molar refractivity (Wildman–Crippen MR) is 52.4 cm³/mol. The zero-order chi connectivity index (χ0) is 10.4. The molecule has 0 aliphatic carbocycles. The molecule has 0 spiro atoms. The van der Waals surface area contributed by atoms with Crippen LogP contribution in [0.25, 0.3) is 0 Å². The van der Waals surface area contributed by atoms with Crippen LogP contribution in [0.5, 0.6) is 0 Å². The van der Waals surface area contributed by atoms with Crippen LogP contribution in [0.15, 0.2) is 0 Å². The van der Waals surface area contributed by atoms with Gasteiger partial charge in [0.15, 0.2) is 0 Å². The minimum absolute atomic E-state index is 0.0690. The van der Waals surface area contributed by atoms with Crippen molar-refractivity contribution in [1.82, 2.24) is 0 Å². The van der Waals surface area contributed by atoms with E-state index in [0.717, 1.165) is 12.8 Å². The first-order valence-electron chi connectivity index (χ1n) is 4.78. The Balaban J connectivity index is 1.84. The maximum absolute atomic E-state index is 10.6. The lowest BCUT2D eigenvalue weighted by Crippen LogP contribution is -2.36. The van der Waals surface area contributed by atoms with Crippen molar-refractivity contribution in [2.75, 3.05) is 25.6 Å². The Morgan fingerprint density at radius 1 is 1.29 bits per heavy atom. The second kappa shape index (κ2) is 5.65. The van der Waals surface area contributed by atoms with Crippen LogP contribution < -0.4 is 5.14 Å². The van der Waals surface area contributed by atoms with Crippen LogP contribution in [-0.4, -0.2) is 40.1 Å². The molecule has 6 heteroatoms. The number of ether oxygens (including phenoxy) is 2. The summed E-state index contributed by atoms with van der Waals surface area (Å²) >= 11 is 0. The van der Waals surface area contributed by atoms with Crippen LogP contribution in [0.2, 0.25) is 0 Å². The molecule has 0 bridgehead atoms. The highest BCUT2D eigenvalue weighted by Crippen LogP contribution is 2.06. The van der Waals surface area contributed by atoms with Gasteiger partial charge in [0, 0.05) is 6.61 Å². The summed E-state index contributed by atoms with van der Waals surface area (Å²) in [6, 6.07) is 0. The number of hydrogen-bond acceptors (Lipinski definition) is 4. The standard InChI is InChI=1S/C8H17NO4S/c9-14(10,11)5-3-1-2-4-13-8-6-12-7-8/h8H,1-7H2,(H2,9,10,11). The summed E-state index contributed by atoms with van der Waals surface area (Å²) in [5.41, 5.74) is 0. The first-order valence-corrected chi connectivity index (χ1v) is 6.49. The lowest BCUT2D eigenvalue weighted by molar-refractivity contribution is -0.129. The van der Waals surface area contributed by atoms with E-state index < -0.39 is 10.0 Å². The van der Waals surface area contributed by atoms with Crippen molar-refractivity contribution in [1.29, 1.82) is 0 Å². The Bertz CT molecular complexity index is 248. The van der Waals surface area contributed by atoms with E-state index in [1.54, 1.807) is 0 Å². The van der Waals surface area contributed by atoms with Gasteiger partial charge in [-0.25, -0.2) is 13.6 Å². The fourth-order valence-electron chi connectivity index (χ4n) is 1.14. The van der Waals surface area contributed by atoms with Crippen molar-refractivity contribution < 1.29 is 17.9 Å². The third-order valence-electron chi connectivity index (χ3n) is 2.03. The Morgan fingerprint density at radius 3 is 2.50 bits per heavy atom. The van der Waals surface area contributed by atoms with Crippen molar-refractivity contribution in [3.05, 3.63) is 0 Å². The van der Waals surface area contributed by atoms with Gasteiger partial charge in [-0.05, 0) is 12.8 Å². The molecular formula is C8H17NO4S. The Hall–Kier alpha value is -0.170. The number of primary sulfonamides is 1. The van der Waals surface area contributed by atoms with E-state index in [1.807, 2.05) is 0 Å². The molecule has 1 aliphatic heterocycles. The topological polar surface area (TPSA) is 78.6 Å². The first-order chi connectivity index (χ1) is 6.58. The molecule has 0 saturated carbocycles. The molecule has 0 aromatic carbocycles. The molecule has 1 heterocycles. The zero-order valence-electron chi connectivity index (χ0n) is 8.15. The molecule has 1 fully saturated rings. The van der Waals surface area contributed by atoms with E-state index in [4.69, 9.17) is 14.6 Å². The Labute approximate surface area is 84.6 Å². The second-order valence-electron chi connectivity index (χ2n) is 3.46. The maximum atomic E-state index is 10.6. The van der Waals surface area contributed by atoms with Gasteiger partial charge in [0.05, 0.1) is 19.0 Å². The van der Waals surface area contributed by atoms with Gasteiger partial charge in [0.2, 0.25) is 10.0 Å². The molecule has 0 aromatic heterocycles. The molecule has 0 radical (unpaired) electrons. The molecule has 84 valence electrons. The number of hydrogen-bond donors (Lipinski definition) is 1. The second-order valence-corrected chi connectivity index (χ2v) is 5.19.